The molecule has 0 atom stereocenters. The van der Waals surface area contributed by atoms with Gasteiger partial charge in [0.15, 0.2) is 0 Å². The van der Waals surface area contributed by atoms with Gasteiger partial charge in [-0.25, -0.2) is 4.79 Å². The fourth-order valence-electron chi connectivity index (χ4n) is 1.33. The number of rotatable bonds is 6. The van der Waals surface area contributed by atoms with Crippen LogP contribution in [-0.2, 0) is 4.74 Å². The van der Waals surface area contributed by atoms with Crippen molar-refractivity contribution in [2.24, 2.45) is 0 Å². The van der Waals surface area contributed by atoms with Gasteiger partial charge in [-0.05, 0) is 32.0 Å². The zero-order valence-corrected chi connectivity index (χ0v) is 10.6. The van der Waals surface area contributed by atoms with Gasteiger partial charge in [-0.2, -0.15) is 0 Å². The first-order chi connectivity index (χ1) is 8.00. The molecule has 0 radical (unpaired) electrons. The van der Waals surface area contributed by atoms with Crippen molar-refractivity contribution in [3.63, 3.8) is 0 Å². The molecule has 0 aliphatic heterocycles. The quantitative estimate of drug-likeness (QED) is 0.770. The van der Waals surface area contributed by atoms with Crippen molar-refractivity contribution in [2.45, 2.75) is 20.0 Å². The number of carbonyl (C=O) groups is 1. The number of benzene rings is 1. The molecule has 0 spiro atoms. The Labute approximate surface area is 106 Å². The van der Waals surface area contributed by atoms with Gasteiger partial charge in [-0.1, -0.05) is 11.6 Å². The van der Waals surface area contributed by atoms with Gasteiger partial charge in [0.25, 0.3) is 0 Å². The monoisotopic (exact) mass is 257 g/mol. The Morgan fingerprint density at radius 2 is 2.24 bits per heavy atom. The highest BCUT2D eigenvalue weighted by molar-refractivity contribution is 6.31. The summed E-state index contributed by atoms with van der Waals surface area (Å²) >= 11 is 5.82. The smallest absolute Gasteiger partial charge is 0.337 e. The van der Waals surface area contributed by atoms with E-state index in [4.69, 9.17) is 21.4 Å². The molecule has 0 bridgehead atoms. The van der Waals surface area contributed by atoms with Gasteiger partial charge in [-0.15, -0.1) is 0 Å². The van der Waals surface area contributed by atoms with E-state index < -0.39 is 5.97 Å². The molecule has 0 heterocycles. The Balaban J connectivity index is 2.62. The van der Waals surface area contributed by atoms with E-state index in [1.54, 1.807) is 12.1 Å². The molecule has 0 saturated carbocycles. The highest BCUT2D eigenvalue weighted by Crippen LogP contribution is 2.20. The predicted octanol–water partition coefficient (Wildman–Crippen LogP) is 2.88. The van der Waals surface area contributed by atoms with Gasteiger partial charge >= 0.3 is 5.97 Å². The van der Waals surface area contributed by atoms with Gasteiger partial charge in [-0.3, -0.25) is 0 Å². The zero-order chi connectivity index (χ0) is 12.8. The minimum Gasteiger partial charge on any atom is -0.478 e. The van der Waals surface area contributed by atoms with Crippen molar-refractivity contribution in [3.8, 4) is 0 Å². The first-order valence-corrected chi connectivity index (χ1v) is 5.77. The van der Waals surface area contributed by atoms with E-state index in [0.717, 1.165) is 0 Å². The zero-order valence-electron chi connectivity index (χ0n) is 9.87. The number of hydrogen-bond acceptors (Lipinski definition) is 3. The van der Waals surface area contributed by atoms with Crippen LogP contribution < -0.4 is 5.32 Å². The molecule has 0 fully saturated rings. The van der Waals surface area contributed by atoms with Crippen molar-refractivity contribution in [1.29, 1.82) is 0 Å². The predicted molar refractivity (Wildman–Crippen MR) is 68.0 cm³/mol. The Hall–Kier alpha value is -1.26. The summed E-state index contributed by atoms with van der Waals surface area (Å²) in [7, 11) is 0. The van der Waals surface area contributed by atoms with Crippen LogP contribution in [-0.4, -0.2) is 30.3 Å². The number of aromatic carboxylic acids is 1. The molecule has 0 aromatic heterocycles. The SMILES string of the molecule is CC(C)OCCNc1cc(Cl)ccc1C(=O)O. The molecule has 1 rings (SSSR count). The summed E-state index contributed by atoms with van der Waals surface area (Å²) in [5, 5.41) is 12.5. The lowest BCUT2D eigenvalue weighted by Gasteiger charge is -2.11. The third-order valence-corrected chi connectivity index (χ3v) is 2.32. The standard InChI is InChI=1S/C12H16ClNO3/c1-8(2)17-6-5-14-11-7-9(13)3-4-10(11)12(15)16/h3-4,7-8,14H,5-6H2,1-2H3,(H,15,16). The summed E-state index contributed by atoms with van der Waals surface area (Å²) in [4.78, 5) is 11.0. The van der Waals surface area contributed by atoms with Gasteiger partial charge < -0.3 is 15.2 Å². The molecular formula is C12H16ClNO3. The maximum Gasteiger partial charge on any atom is 0.337 e. The van der Waals surface area contributed by atoms with Crippen LogP contribution in [0.1, 0.15) is 24.2 Å². The minimum absolute atomic E-state index is 0.162. The van der Waals surface area contributed by atoms with Crippen molar-refractivity contribution < 1.29 is 14.6 Å². The third-order valence-electron chi connectivity index (χ3n) is 2.08. The lowest BCUT2D eigenvalue weighted by molar-refractivity contribution is 0.0697. The van der Waals surface area contributed by atoms with E-state index in [1.165, 1.54) is 6.07 Å². The number of carboxylic acid groups (broad SMARTS) is 1. The Kier molecular flexibility index (Phi) is 5.25. The molecule has 5 heteroatoms. The molecule has 0 aliphatic rings. The van der Waals surface area contributed by atoms with Crippen LogP contribution in [0.5, 0.6) is 0 Å². The van der Waals surface area contributed by atoms with E-state index in [-0.39, 0.29) is 11.7 Å². The molecule has 1 aromatic carbocycles. The molecule has 17 heavy (non-hydrogen) atoms. The largest absolute Gasteiger partial charge is 0.478 e. The van der Waals surface area contributed by atoms with Crippen molar-refractivity contribution in [3.05, 3.63) is 28.8 Å². The highest BCUT2D eigenvalue weighted by atomic mass is 35.5. The molecule has 2 N–H and O–H groups in total. The summed E-state index contributed by atoms with van der Waals surface area (Å²) in [5.74, 6) is -0.978. The summed E-state index contributed by atoms with van der Waals surface area (Å²) in [6.45, 7) is 4.95. The van der Waals surface area contributed by atoms with Crippen LogP contribution in [0.15, 0.2) is 18.2 Å². The third kappa shape index (κ3) is 4.63. The Morgan fingerprint density at radius 1 is 1.53 bits per heavy atom. The second-order valence-corrected chi connectivity index (χ2v) is 4.28. The topological polar surface area (TPSA) is 58.6 Å². The van der Waals surface area contributed by atoms with Crippen LogP contribution in [0.2, 0.25) is 5.02 Å². The molecule has 0 unspecified atom stereocenters. The second kappa shape index (κ2) is 6.47. The molecule has 4 nitrogen and oxygen atoms in total. The summed E-state index contributed by atoms with van der Waals surface area (Å²) in [6.07, 6.45) is 0.162. The second-order valence-electron chi connectivity index (χ2n) is 3.84. The van der Waals surface area contributed by atoms with E-state index in [0.29, 0.717) is 23.9 Å². The maximum absolute atomic E-state index is 11.0. The molecule has 94 valence electrons. The normalized spacial score (nSPS) is 10.6. The number of hydrogen-bond donors (Lipinski definition) is 2. The Morgan fingerprint density at radius 3 is 2.82 bits per heavy atom. The number of halogens is 1. The lowest BCUT2D eigenvalue weighted by Crippen LogP contribution is -2.15. The minimum atomic E-state index is -0.978. The average molecular weight is 258 g/mol. The van der Waals surface area contributed by atoms with Gasteiger partial charge in [0, 0.05) is 11.6 Å². The highest BCUT2D eigenvalue weighted by Gasteiger charge is 2.09. The summed E-state index contributed by atoms with van der Waals surface area (Å²) in [6, 6.07) is 4.64. The van der Waals surface area contributed by atoms with Crippen LogP contribution in [0, 0.1) is 0 Å². The fourth-order valence-corrected chi connectivity index (χ4v) is 1.50. The molecular weight excluding hydrogens is 242 g/mol. The van der Waals surface area contributed by atoms with Gasteiger partial charge in [0.05, 0.1) is 24.0 Å². The average Bonchev–Trinajstić information content (AvgIpc) is 2.23. The van der Waals surface area contributed by atoms with Crippen LogP contribution in [0.25, 0.3) is 0 Å². The number of carboxylic acids is 1. The van der Waals surface area contributed by atoms with E-state index >= 15 is 0 Å². The number of ether oxygens (including phenoxy) is 1. The number of anilines is 1. The van der Waals surface area contributed by atoms with Crippen LogP contribution in [0.3, 0.4) is 0 Å². The number of nitrogens with one attached hydrogen (secondary N) is 1. The van der Waals surface area contributed by atoms with Crippen molar-refractivity contribution in [1.82, 2.24) is 0 Å². The summed E-state index contributed by atoms with van der Waals surface area (Å²) < 4.78 is 5.35. The van der Waals surface area contributed by atoms with Crippen molar-refractivity contribution in [2.75, 3.05) is 18.5 Å². The molecule has 0 amide bonds. The first kappa shape index (κ1) is 13.8. The molecule has 0 saturated heterocycles. The molecule has 1 aromatic rings. The van der Waals surface area contributed by atoms with E-state index in [2.05, 4.69) is 5.32 Å². The Bertz CT molecular complexity index is 393. The van der Waals surface area contributed by atoms with E-state index in [1.807, 2.05) is 13.8 Å². The molecule has 0 aliphatic carbocycles. The van der Waals surface area contributed by atoms with Gasteiger partial charge in [0.2, 0.25) is 0 Å². The van der Waals surface area contributed by atoms with Crippen molar-refractivity contribution >= 4 is 23.3 Å². The fraction of sp³-hybridized carbons (Fsp3) is 0.417. The van der Waals surface area contributed by atoms with E-state index in [9.17, 15) is 4.79 Å². The van der Waals surface area contributed by atoms with Gasteiger partial charge in [0.1, 0.15) is 0 Å². The van der Waals surface area contributed by atoms with Crippen LogP contribution >= 0.6 is 11.6 Å². The van der Waals surface area contributed by atoms with Crippen LogP contribution in [0.4, 0.5) is 5.69 Å². The summed E-state index contributed by atoms with van der Waals surface area (Å²) in [5.41, 5.74) is 0.719. The first-order valence-electron chi connectivity index (χ1n) is 5.39. The lowest BCUT2D eigenvalue weighted by atomic mass is 10.2. The maximum atomic E-state index is 11.0.